The SMILES string of the molecule is C=CCO[C@@]12Oc3ccc(Oc4ccc(OC)c(C=O)c4)cc3[C@H]3[C@H](CCCCO)[C@@H](CCCCO)C=C(C(=NOCc4ccc([N+](=O)[O-])cc4)C[C@@H]1N(Cc1ccc4c(c1)OCO4)C(=O)OC)[C@H]32. The molecular formula is C52H57N3O14. The van der Waals surface area contributed by atoms with E-state index in [0.717, 1.165) is 29.5 Å². The summed E-state index contributed by atoms with van der Waals surface area (Å²) in [5.41, 5.74) is 3.80. The standard InChI is InChI=1S/C52H57N3O14/c1-4-23-66-52-48(54(51(59)63-3)29-34-13-18-46-47(24-34)65-32-64-46)28-43(53-67-31-33-11-14-37(15-12-33)55(60)61)41-26-35(9-5-7-21-56)40(10-6-8-22-57)49(50(41)52)42-27-39(17-20-45(42)69-52)68-38-16-19-44(62-2)36(25-38)30-58/h4,11-20,24-27,30,35,40,48-50,56-57H,1,5-10,21-23,28-29,31-32H2,2-3H3/t35-,40+,48-,49+,50+,52+/m0/s1. The number of amides is 1. The van der Waals surface area contributed by atoms with Gasteiger partial charge in [-0.25, -0.2) is 4.79 Å². The molecule has 0 bridgehead atoms. The number of nitrogens with zero attached hydrogens (tertiary/aromatic N) is 3. The number of carbonyl (C=O) groups is 2. The Morgan fingerprint density at radius 3 is 2.38 bits per heavy atom. The van der Waals surface area contributed by atoms with E-state index in [-0.39, 0.29) is 69.6 Å². The molecule has 0 spiro atoms. The summed E-state index contributed by atoms with van der Waals surface area (Å²) in [5.74, 6) is 0.157. The first-order chi connectivity index (χ1) is 33.6. The van der Waals surface area contributed by atoms with Gasteiger partial charge in [0.1, 0.15) is 35.6 Å². The molecule has 4 aromatic rings. The first kappa shape index (κ1) is 48.5. The molecule has 364 valence electrons. The van der Waals surface area contributed by atoms with E-state index in [1.54, 1.807) is 53.4 Å². The van der Waals surface area contributed by atoms with Gasteiger partial charge in [0.2, 0.25) is 12.6 Å². The number of allylic oxidation sites excluding steroid dienone is 1. The number of hydrogen-bond acceptors (Lipinski definition) is 15. The van der Waals surface area contributed by atoms with Crippen molar-refractivity contribution in [3.8, 4) is 34.5 Å². The van der Waals surface area contributed by atoms with Gasteiger partial charge in [-0.2, -0.15) is 0 Å². The molecule has 0 aromatic heterocycles. The van der Waals surface area contributed by atoms with Gasteiger partial charge in [0, 0.05) is 49.8 Å². The highest BCUT2D eigenvalue weighted by Gasteiger charge is 2.65. The Morgan fingerprint density at radius 1 is 0.928 bits per heavy atom. The van der Waals surface area contributed by atoms with Crippen LogP contribution in [0.5, 0.6) is 34.5 Å². The highest BCUT2D eigenvalue weighted by atomic mass is 16.7. The van der Waals surface area contributed by atoms with Crippen LogP contribution in [0.2, 0.25) is 0 Å². The first-order valence-electron chi connectivity index (χ1n) is 23.1. The quantitative estimate of drug-likeness (QED) is 0.0248. The van der Waals surface area contributed by atoms with E-state index in [0.29, 0.717) is 83.3 Å². The number of fused-ring (bicyclic) bond motifs is 3. The van der Waals surface area contributed by atoms with Crippen LogP contribution < -0.4 is 23.7 Å². The number of non-ortho nitro benzene ring substituents is 1. The maximum Gasteiger partial charge on any atom is 0.410 e. The lowest BCUT2D eigenvalue weighted by atomic mass is 9.55. The number of aliphatic hydroxyl groups excluding tert-OH is 2. The molecule has 17 nitrogen and oxygen atoms in total. The molecule has 8 rings (SSSR count). The molecule has 0 saturated heterocycles. The summed E-state index contributed by atoms with van der Waals surface area (Å²) in [6.07, 6.45) is 8.04. The van der Waals surface area contributed by atoms with Crippen LogP contribution in [0.25, 0.3) is 0 Å². The fourth-order valence-electron chi connectivity index (χ4n) is 10.3. The maximum atomic E-state index is 14.4. The van der Waals surface area contributed by atoms with Crippen molar-refractivity contribution >= 4 is 23.8 Å². The molecule has 1 saturated carbocycles. The summed E-state index contributed by atoms with van der Waals surface area (Å²) >= 11 is 0. The van der Waals surface area contributed by atoms with Crippen molar-refractivity contribution in [2.75, 3.05) is 40.8 Å². The third-order valence-corrected chi connectivity index (χ3v) is 13.3. The lowest BCUT2D eigenvalue weighted by molar-refractivity contribution is -0.384. The van der Waals surface area contributed by atoms with Gasteiger partial charge in [-0.3, -0.25) is 19.8 Å². The largest absolute Gasteiger partial charge is 0.496 e. The van der Waals surface area contributed by atoms with Crippen LogP contribution in [0.15, 0.2) is 108 Å². The van der Waals surface area contributed by atoms with Crippen molar-refractivity contribution in [1.82, 2.24) is 4.90 Å². The molecule has 2 aliphatic heterocycles. The second-order valence-electron chi connectivity index (χ2n) is 17.4. The number of carbonyl (C=O) groups excluding carboxylic acids is 2. The number of unbranched alkanes of at least 4 members (excludes halogenated alkanes) is 2. The monoisotopic (exact) mass is 947 g/mol. The highest BCUT2D eigenvalue weighted by Crippen LogP contribution is 2.62. The summed E-state index contributed by atoms with van der Waals surface area (Å²) in [6.45, 7) is 4.21. The van der Waals surface area contributed by atoms with Crippen LogP contribution in [-0.4, -0.2) is 90.8 Å². The fraction of sp³-hybridized carbons (Fsp3) is 0.404. The van der Waals surface area contributed by atoms with Crippen LogP contribution in [0.1, 0.15) is 77.9 Å². The third kappa shape index (κ3) is 10.3. The second-order valence-corrected chi connectivity index (χ2v) is 17.4. The van der Waals surface area contributed by atoms with Crippen LogP contribution in [0.3, 0.4) is 0 Å². The van der Waals surface area contributed by atoms with Crippen molar-refractivity contribution in [3.05, 3.63) is 136 Å². The average Bonchev–Trinajstić information content (AvgIpc) is 3.84. The van der Waals surface area contributed by atoms with Gasteiger partial charge in [0.15, 0.2) is 17.8 Å². The molecule has 69 heavy (non-hydrogen) atoms. The Morgan fingerprint density at radius 2 is 1.65 bits per heavy atom. The van der Waals surface area contributed by atoms with Crippen molar-refractivity contribution < 1.29 is 62.7 Å². The number of aliphatic hydroxyl groups is 2. The molecule has 6 atom stereocenters. The summed E-state index contributed by atoms with van der Waals surface area (Å²) < 4.78 is 43.2. The number of benzene rings is 4. The predicted octanol–water partition coefficient (Wildman–Crippen LogP) is 9.04. The Balaban J connectivity index is 1.32. The van der Waals surface area contributed by atoms with Crippen molar-refractivity contribution in [2.24, 2.45) is 22.9 Å². The smallest absolute Gasteiger partial charge is 0.410 e. The molecule has 2 heterocycles. The minimum absolute atomic E-state index is 0.00944. The molecule has 4 aliphatic rings. The van der Waals surface area contributed by atoms with Gasteiger partial charge in [0.05, 0.1) is 42.9 Å². The van der Waals surface area contributed by atoms with Crippen molar-refractivity contribution in [1.29, 1.82) is 0 Å². The number of rotatable bonds is 22. The van der Waals surface area contributed by atoms with E-state index >= 15 is 0 Å². The van der Waals surface area contributed by atoms with Crippen LogP contribution in [0.4, 0.5) is 10.5 Å². The van der Waals surface area contributed by atoms with E-state index in [1.165, 1.54) is 26.4 Å². The average molecular weight is 948 g/mol. The normalized spacial score (nSPS) is 22.3. The number of methoxy groups -OCH3 is 2. The van der Waals surface area contributed by atoms with E-state index in [1.807, 2.05) is 24.3 Å². The van der Waals surface area contributed by atoms with Crippen molar-refractivity contribution in [3.63, 3.8) is 0 Å². The molecule has 4 aromatic carbocycles. The molecule has 0 unspecified atom stereocenters. The molecule has 2 aliphatic carbocycles. The first-order valence-corrected chi connectivity index (χ1v) is 23.1. The second kappa shape index (κ2) is 22.0. The van der Waals surface area contributed by atoms with E-state index in [4.69, 9.17) is 43.2 Å². The molecule has 1 fully saturated rings. The van der Waals surface area contributed by atoms with Gasteiger partial charge < -0.3 is 48.2 Å². The van der Waals surface area contributed by atoms with Crippen LogP contribution in [0, 0.1) is 27.9 Å². The zero-order valence-electron chi connectivity index (χ0n) is 38.7. The Kier molecular flexibility index (Phi) is 15.5. The number of oxime groups is 1. The number of aldehydes is 1. The number of ether oxygens (including phenoxy) is 7. The molecule has 17 heteroatoms. The Labute approximate surface area is 400 Å². The molecule has 0 radical (unpaired) electrons. The van der Waals surface area contributed by atoms with Gasteiger partial charge in [-0.05, 0) is 115 Å². The summed E-state index contributed by atoms with van der Waals surface area (Å²) in [6, 6.07) is 21.2. The summed E-state index contributed by atoms with van der Waals surface area (Å²) in [7, 11) is 2.81. The fourth-order valence-corrected chi connectivity index (χ4v) is 10.3. The minimum Gasteiger partial charge on any atom is -0.496 e. The highest BCUT2D eigenvalue weighted by molar-refractivity contribution is 6.03. The van der Waals surface area contributed by atoms with Gasteiger partial charge >= 0.3 is 6.09 Å². The number of nitro benzene ring substituents is 1. The third-order valence-electron chi connectivity index (χ3n) is 13.3. The van der Waals surface area contributed by atoms with Gasteiger partial charge in [-0.1, -0.05) is 36.2 Å². The molecule has 1 amide bonds. The summed E-state index contributed by atoms with van der Waals surface area (Å²) in [4.78, 5) is 45.1. The van der Waals surface area contributed by atoms with E-state index < -0.39 is 28.8 Å². The zero-order valence-corrected chi connectivity index (χ0v) is 38.7. The predicted molar refractivity (Wildman–Crippen MR) is 252 cm³/mol. The topological polar surface area (TPSA) is 207 Å². The Hall–Kier alpha value is -6.95. The van der Waals surface area contributed by atoms with Crippen LogP contribution >= 0.6 is 0 Å². The lowest BCUT2D eigenvalue weighted by Gasteiger charge is -2.59. The minimum atomic E-state index is -1.60. The molecule has 2 N–H and O–H groups in total. The van der Waals surface area contributed by atoms with Crippen LogP contribution in [-0.2, 0) is 27.5 Å². The zero-order chi connectivity index (χ0) is 48.5. The number of nitro groups is 1. The van der Waals surface area contributed by atoms with Gasteiger partial charge in [-0.15, -0.1) is 6.58 Å². The van der Waals surface area contributed by atoms with Crippen molar-refractivity contribution in [2.45, 2.75) is 75.8 Å². The number of hydrogen-bond donors (Lipinski definition) is 2. The maximum absolute atomic E-state index is 14.4. The summed E-state index contributed by atoms with van der Waals surface area (Å²) in [5, 5.41) is 36.3. The van der Waals surface area contributed by atoms with E-state index in [9.17, 15) is 29.9 Å². The van der Waals surface area contributed by atoms with Gasteiger partial charge in [0.25, 0.3) is 5.69 Å². The lowest BCUT2D eigenvalue weighted by Crippen LogP contribution is -2.70. The molecular weight excluding hydrogens is 891 g/mol. The Bertz CT molecular complexity index is 2560. The van der Waals surface area contributed by atoms with E-state index in [2.05, 4.69) is 12.7 Å².